The molecule has 1 spiro atoms. The van der Waals surface area contributed by atoms with Crippen LogP contribution in [0.25, 0.3) is 0 Å². The van der Waals surface area contributed by atoms with Gasteiger partial charge in [-0.1, -0.05) is 37.6 Å². The van der Waals surface area contributed by atoms with Gasteiger partial charge in [-0.2, -0.15) is 0 Å². The van der Waals surface area contributed by atoms with Gasteiger partial charge in [0.2, 0.25) is 5.91 Å². The summed E-state index contributed by atoms with van der Waals surface area (Å²) in [7, 11) is 1.71. The third-order valence-electron chi connectivity index (χ3n) is 5.22. The highest BCUT2D eigenvalue weighted by molar-refractivity contribution is 6.09. The van der Waals surface area contributed by atoms with Gasteiger partial charge in [-0.25, -0.2) is 4.79 Å². The smallest absolute Gasteiger partial charge is 0.325 e. The summed E-state index contributed by atoms with van der Waals surface area (Å²) in [4.78, 5) is 40.6. The number of nitrogens with zero attached hydrogens (tertiary/aromatic N) is 2. The monoisotopic (exact) mass is 343 g/mol. The molecule has 6 nitrogen and oxygen atoms in total. The molecule has 25 heavy (non-hydrogen) atoms. The van der Waals surface area contributed by atoms with E-state index in [1.807, 2.05) is 24.3 Å². The molecular formula is C19H25N3O3. The first-order valence-electron chi connectivity index (χ1n) is 8.96. The largest absolute Gasteiger partial charge is 0.344 e. The van der Waals surface area contributed by atoms with Gasteiger partial charge in [0, 0.05) is 13.6 Å². The Balaban J connectivity index is 1.81. The topological polar surface area (TPSA) is 69.7 Å². The lowest BCUT2D eigenvalue weighted by molar-refractivity contribution is -0.138. The molecule has 1 aromatic rings. The van der Waals surface area contributed by atoms with Gasteiger partial charge in [-0.05, 0) is 36.8 Å². The molecule has 3 rings (SSSR count). The number of likely N-dealkylation sites (N-methyl/N-ethyl adjacent to an activating group) is 1. The van der Waals surface area contributed by atoms with Crippen LogP contribution >= 0.6 is 0 Å². The SMILES string of the molecule is CCCCN(C)C(=O)CN1C(=O)N[C@@]2(CCCc3ccccc32)C1=O. The van der Waals surface area contributed by atoms with Crippen LogP contribution in [0.1, 0.15) is 43.7 Å². The molecular weight excluding hydrogens is 318 g/mol. The Bertz CT molecular complexity index is 703. The molecule has 2 aliphatic rings. The van der Waals surface area contributed by atoms with Gasteiger partial charge in [0.1, 0.15) is 12.1 Å². The molecule has 1 aliphatic carbocycles. The molecule has 0 radical (unpaired) electrons. The molecule has 4 amide bonds. The Morgan fingerprint density at radius 3 is 2.84 bits per heavy atom. The molecule has 1 atom stereocenters. The molecule has 1 saturated heterocycles. The van der Waals surface area contributed by atoms with Gasteiger partial charge < -0.3 is 10.2 Å². The van der Waals surface area contributed by atoms with Crippen molar-refractivity contribution in [1.29, 1.82) is 0 Å². The molecule has 1 aromatic carbocycles. The number of imide groups is 1. The summed E-state index contributed by atoms with van der Waals surface area (Å²) >= 11 is 0. The Hall–Kier alpha value is -2.37. The number of amides is 4. The lowest BCUT2D eigenvalue weighted by atomic mass is 9.76. The molecule has 0 unspecified atom stereocenters. The molecule has 134 valence electrons. The number of carbonyl (C=O) groups is 3. The second kappa shape index (κ2) is 6.86. The van der Waals surface area contributed by atoms with Crippen molar-refractivity contribution in [2.75, 3.05) is 20.1 Å². The summed E-state index contributed by atoms with van der Waals surface area (Å²) in [5, 5.41) is 2.88. The highest BCUT2D eigenvalue weighted by Crippen LogP contribution is 2.39. The van der Waals surface area contributed by atoms with Crippen molar-refractivity contribution in [2.45, 2.75) is 44.6 Å². The predicted molar refractivity (Wildman–Crippen MR) is 93.8 cm³/mol. The number of urea groups is 1. The third-order valence-corrected chi connectivity index (χ3v) is 5.22. The maximum Gasteiger partial charge on any atom is 0.325 e. The van der Waals surface area contributed by atoms with Gasteiger partial charge >= 0.3 is 6.03 Å². The lowest BCUT2D eigenvalue weighted by Crippen LogP contribution is -2.47. The normalized spacial score (nSPS) is 22.1. The summed E-state index contributed by atoms with van der Waals surface area (Å²) in [5.74, 6) is -0.514. The zero-order chi connectivity index (χ0) is 18.0. The Kier molecular flexibility index (Phi) is 4.79. The number of rotatable bonds is 5. The summed E-state index contributed by atoms with van der Waals surface area (Å²) in [6, 6.07) is 7.27. The summed E-state index contributed by atoms with van der Waals surface area (Å²) < 4.78 is 0. The van der Waals surface area contributed by atoms with Crippen LogP contribution in [0, 0.1) is 0 Å². The number of nitrogens with one attached hydrogen (secondary N) is 1. The Labute approximate surface area is 148 Å². The second-order valence-corrected chi connectivity index (χ2v) is 6.91. The van der Waals surface area contributed by atoms with Gasteiger partial charge in [0.15, 0.2) is 0 Å². The molecule has 1 fully saturated rings. The fraction of sp³-hybridized carbons (Fsp3) is 0.526. The highest BCUT2D eigenvalue weighted by atomic mass is 16.2. The molecule has 1 N–H and O–H groups in total. The lowest BCUT2D eigenvalue weighted by Gasteiger charge is -2.33. The van der Waals surface area contributed by atoms with E-state index in [0.29, 0.717) is 13.0 Å². The first kappa shape index (κ1) is 17.5. The maximum atomic E-state index is 13.1. The van der Waals surface area contributed by atoms with E-state index >= 15 is 0 Å². The maximum absolute atomic E-state index is 13.1. The first-order valence-corrected chi connectivity index (χ1v) is 8.96. The first-order chi connectivity index (χ1) is 12.0. The number of carbonyl (C=O) groups excluding carboxylic acids is 3. The van der Waals surface area contributed by atoms with Gasteiger partial charge in [-0.3, -0.25) is 14.5 Å². The predicted octanol–water partition coefficient (Wildman–Crippen LogP) is 2.03. The average molecular weight is 343 g/mol. The van der Waals surface area contributed by atoms with Crippen LogP contribution in [0.4, 0.5) is 4.79 Å². The molecule has 0 saturated carbocycles. The van der Waals surface area contributed by atoms with E-state index in [1.54, 1.807) is 11.9 Å². The number of aryl methyl sites for hydroxylation is 1. The molecule has 0 bridgehead atoms. The minimum Gasteiger partial charge on any atom is -0.344 e. The second-order valence-electron chi connectivity index (χ2n) is 6.91. The van der Waals surface area contributed by atoms with Crippen molar-refractivity contribution in [3.63, 3.8) is 0 Å². The number of hydrogen-bond acceptors (Lipinski definition) is 3. The van der Waals surface area contributed by atoms with E-state index in [2.05, 4.69) is 12.2 Å². The number of hydrogen-bond donors (Lipinski definition) is 1. The van der Waals surface area contributed by atoms with E-state index < -0.39 is 11.6 Å². The van der Waals surface area contributed by atoms with Crippen molar-refractivity contribution >= 4 is 17.8 Å². The van der Waals surface area contributed by atoms with E-state index in [1.165, 1.54) is 0 Å². The number of benzene rings is 1. The fourth-order valence-corrected chi connectivity index (χ4v) is 3.73. The average Bonchev–Trinajstić information content (AvgIpc) is 2.85. The van der Waals surface area contributed by atoms with Gasteiger partial charge in [-0.15, -0.1) is 0 Å². The van der Waals surface area contributed by atoms with E-state index in [0.717, 1.165) is 41.7 Å². The van der Waals surface area contributed by atoms with Gasteiger partial charge in [0.05, 0.1) is 0 Å². The van der Waals surface area contributed by atoms with Crippen LogP contribution in [0.3, 0.4) is 0 Å². The minimum absolute atomic E-state index is 0.200. The van der Waals surface area contributed by atoms with Crippen molar-refractivity contribution in [2.24, 2.45) is 0 Å². The van der Waals surface area contributed by atoms with Crippen LogP contribution < -0.4 is 5.32 Å². The minimum atomic E-state index is -1.01. The summed E-state index contributed by atoms with van der Waals surface area (Å²) in [6.45, 7) is 2.49. The number of fused-ring (bicyclic) bond motifs is 2. The van der Waals surface area contributed by atoms with Crippen LogP contribution in [-0.2, 0) is 21.5 Å². The molecule has 1 heterocycles. The van der Waals surface area contributed by atoms with Crippen molar-refractivity contribution in [3.05, 3.63) is 35.4 Å². The molecule has 0 aromatic heterocycles. The van der Waals surface area contributed by atoms with E-state index in [4.69, 9.17) is 0 Å². The van der Waals surface area contributed by atoms with Crippen LogP contribution in [0.15, 0.2) is 24.3 Å². The zero-order valence-electron chi connectivity index (χ0n) is 14.9. The Morgan fingerprint density at radius 1 is 1.32 bits per heavy atom. The van der Waals surface area contributed by atoms with Crippen molar-refractivity contribution in [1.82, 2.24) is 15.1 Å². The fourth-order valence-electron chi connectivity index (χ4n) is 3.73. The standard InChI is InChI=1S/C19H25N3O3/c1-3-4-12-21(2)16(23)13-22-17(24)19(20-18(22)25)11-7-9-14-8-5-6-10-15(14)19/h5-6,8,10H,3-4,7,9,11-13H2,1-2H3,(H,20,25)/t19-/m1/s1. The van der Waals surface area contributed by atoms with Crippen LogP contribution in [0.5, 0.6) is 0 Å². The highest BCUT2D eigenvalue weighted by Gasteiger charge is 2.54. The summed E-state index contributed by atoms with van der Waals surface area (Å²) in [6.07, 6.45) is 4.20. The zero-order valence-corrected chi connectivity index (χ0v) is 14.9. The third kappa shape index (κ3) is 3.01. The Morgan fingerprint density at radius 2 is 2.08 bits per heavy atom. The summed E-state index contributed by atoms with van der Waals surface area (Å²) in [5.41, 5.74) is 0.957. The van der Waals surface area contributed by atoms with Crippen molar-refractivity contribution < 1.29 is 14.4 Å². The van der Waals surface area contributed by atoms with Crippen molar-refractivity contribution in [3.8, 4) is 0 Å². The van der Waals surface area contributed by atoms with E-state index in [-0.39, 0.29) is 18.4 Å². The quantitative estimate of drug-likeness (QED) is 0.832. The van der Waals surface area contributed by atoms with Crippen LogP contribution in [0.2, 0.25) is 0 Å². The van der Waals surface area contributed by atoms with Gasteiger partial charge in [0.25, 0.3) is 5.91 Å². The van der Waals surface area contributed by atoms with Crippen LogP contribution in [-0.4, -0.2) is 47.8 Å². The van der Waals surface area contributed by atoms with E-state index in [9.17, 15) is 14.4 Å². The molecule has 6 heteroatoms. The number of unbranched alkanes of at least 4 members (excludes halogenated alkanes) is 1. The molecule has 1 aliphatic heterocycles.